The van der Waals surface area contributed by atoms with Crippen LogP contribution in [-0.2, 0) is 0 Å². The molecule has 1 unspecified atom stereocenters. The summed E-state index contributed by atoms with van der Waals surface area (Å²) in [6.45, 7) is 4.27. The van der Waals surface area contributed by atoms with Gasteiger partial charge < -0.3 is 10.6 Å². The van der Waals surface area contributed by atoms with E-state index in [4.69, 9.17) is 5.73 Å². The first-order chi connectivity index (χ1) is 6.77. The molecule has 0 amide bonds. The zero-order valence-corrected chi connectivity index (χ0v) is 8.61. The van der Waals surface area contributed by atoms with E-state index in [2.05, 4.69) is 16.0 Å². The van der Waals surface area contributed by atoms with Gasteiger partial charge in [-0.3, -0.25) is 0 Å². The fourth-order valence-corrected chi connectivity index (χ4v) is 1.84. The van der Waals surface area contributed by atoms with Crippen molar-refractivity contribution in [1.29, 1.82) is 0 Å². The smallest absolute Gasteiger partial charge is 0.128 e. The van der Waals surface area contributed by atoms with Crippen LogP contribution in [0.1, 0.15) is 31.4 Å². The van der Waals surface area contributed by atoms with Gasteiger partial charge >= 0.3 is 0 Å². The number of pyridine rings is 1. The van der Waals surface area contributed by atoms with Crippen LogP contribution in [-0.4, -0.2) is 18.1 Å². The van der Waals surface area contributed by atoms with Crippen molar-refractivity contribution in [2.75, 3.05) is 18.0 Å². The number of hydrogen-bond donors (Lipinski definition) is 1. The second kappa shape index (κ2) is 3.96. The van der Waals surface area contributed by atoms with Gasteiger partial charge in [-0.2, -0.15) is 0 Å². The highest BCUT2D eigenvalue weighted by Gasteiger charge is 2.13. The number of anilines is 1. The van der Waals surface area contributed by atoms with Crippen molar-refractivity contribution in [1.82, 2.24) is 4.98 Å². The first-order valence-electron chi connectivity index (χ1n) is 5.24. The number of hydrogen-bond acceptors (Lipinski definition) is 3. The van der Waals surface area contributed by atoms with Gasteiger partial charge in [0.25, 0.3) is 0 Å². The largest absolute Gasteiger partial charge is 0.357 e. The monoisotopic (exact) mass is 191 g/mol. The first-order valence-corrected chi connectivity index (χ1v) is 5.24. The van der Waals surface area contributed by atoms with E-state index in [0.29, 0.717) is 0 Å². The fourth-order valence-electron chi connectivity index (χ4n) is 1.84. The molecule has 1 atom stereocenters. The fraction of sp³-hybridized carbons (Fsp3) is 0.545. The van der Waals surface area contributed by atoms with Crippen molar-refractivity contribution in [2.24, 2.45) is 5.73 Å². The van der Waals surface area contributed by atoms with Crippen LogP contribution in [0.15, 0.2) is 18.3 Å². The summed E-state index contributed by atoms with van der Waals surface area (Å²) >= 11 is 0. The number of rotatable bonds is 2. The van der Waals surface area contributed by atoms with Crippen LogP contribution in [0.3, 0.4) is 0 Å². The van der Waals surface area contributed by atoms with Crippen LogP contribution in [0.2, 0.25) is 0 Å². The van der Waals surface area contributed by atoms with Crippen molar-refractivity contribution in [3.05, 3.63) is 23.9 Å². The summed E-state index contributed by atoms with van der Waals surface area (Å²) < 4.78 is 0. The lowest BCUT2D eigenvalue weighted by Crippen LogP contribution is -2.19. The average molecular weight is 191 g/mol. The first kappa shape index (κ1) is 9.46. The van der Waals surface area contributed by atoms with Crippen LogP contribution >= 0.6 is 0 Å². The minimum atomic E-state index is 0.0966. The molecule has 14 heavy (non-hydrogen) atoms. The van der Waals surface area contributed by atoms with Crippen LogP contribution in [0.4, 0.5) is 5.82 Å². The standard InChI is InChI=1S/C11H17N3/c1-9(12)10-4-5-13-11(8-10)14-6-2-3-7-14/h4-5,8-9H,2-3,6-7,12H2,1H3. The summed E-state index contributed by atoms with van der Waals surface area (Å²) in [6, 6.07) is 4.19. The Bertz CT molecular complexity index is 303. The SMILES string of the molecule is CC(N)c1ccnc(N2CCCC2)c1. The molecular formula is C11H17N3. The van der Waals surface area contributed by atoms with Gasteiger partial charge in [-0.05, 0) is 37.5 Å². The third-order valence-electron chi connectivity index (χ3n) is 2.73. The van der Waals surface area contributed by atoms with Gasteiger partial charge in [0, 0.05) is 25.3 Å². The number of aromatic nitrogens is 1. The molecule has 2 rings (SSSR count). The van der Waals surface area contributed by atoms with E-state index in [-0.39, 0.29) is 6.04 Å². The normalized spacial score (nSPS) is 18.6. The van der Waals surface area contributed by atoms with Gasteiger partial charge in [-0.25, -0.2) is 4.98 Å². The zero-order valence-electron chi connectivity index (χ0n) is 8.61. The lowest BCUT2D eigenvalue weighted by Gasteiger charge is -2.17. The predicted molar refractivity (Wildman–Crippen MR) is 58.3 cm³/mol. The highest BCUT2D eigenvalue weighted by Crippen LogP contribution is 2.20. The molecule has 0 radical (unpaired) electrons. The molecular weight excluding hydrogens is 174 g/mol. The molecule has 3 nitrogen and oxygen atoms in total. The molecule has 3 heteroatoms. The number of nitrogens with two attached hydrogens (primary N) is 1. The third kappa shape index (κ3) is 1.87. The molecule has 2 heterocycles. The van der Waals surface area contributed by atoms with Gasteiger partial charge in [0.1, 0.15) is 5.82 Å². The highest BCUT2D eigenvalue weighted by molar-refractivity contribution is 5.42. The van der Waals surface area contributed by atoms with Gasteiger partial charge in [0.05, 0.1) is 0 Å². The molecule has 0 bridgehead atoms. The summed E-state index contributed by atoms with van der Waals surface area (Å²) in [7, 11) is 0. The average Bonchev–Trinajstić information content (AvgIpc) is 2.71. The molecule has 1 aliphatic rings. The molecule has 0 saturated carbocycles. The van der Waals surface area contributed by atoms with Crippen molar-refractivity contribution in [2.45, 2.75) is 25.8 Å². The van der Waals surface area contributed by atoms with Crippen molar-refractivity contribution in [3.63, 3.8) is 0 Å². The molecule has 1 aliphatic heterocycles. The van der Waals surface area contributed by atoms with E-state index in [9.17, 15) is 0 Å². The van der Waals surface area contributed by atoms with E-state index in [0.717, 1.165) is 18.9 Å². The molecule has 1 fully saturated rings. The Labute approximate surface area is 84.9 Å². The van der Waals surface area contributed by atoms with Gasteiger partial charge in [0.2, 0.25) is 0 Å². The van der Waals surface area contributed by atoms with Gasteiger partial charge in [-0.1, -0.05) is 0 Å². The van der Waals surface area contributed by atoms with Crippen LogP contribution in [0, 0.1) is 0 Å². The molecule has 1 aromatic rings. The molecule has 0 spiro atoms. The maximum atomic E-state index is 5.83. The second-order valence-electron chi connectivity index (χ2n) is 3.93. The number of nitrogens with zero attached hydrogens (tertiary/aromatic N) is 2. The third-order valence-corrected chi connectivity index (χ3v) is 2.73. The van der Waals surface area contributed by atoms with Gasteiger partial charge in [0.15, 0.2) is 0 Å². The molecule has 76 valence electrons. The maximum Gasteiger partial charge on any atom is 0.128 e. The molecule has 1 saturated heterocycles. The Balaban J connectivity index is 2.21. The molecule has 1 aromatic heterocycles. The Hall–Kier alpha value is -1.09. The van der Waals surface area contributed by atoms with Crippen LogP contribution in [0.25, 0.3) is 0 Å². The zero-order chi connectivity index (χ0) is 9.97. The summed E-state index contributed by atoms with van der Waals surface area (Å²) in [4.78, 5) is 6.70. The van der Waals surface area contributed by atoms with E-state index < -0.39 is 0 Å². The Morgan fingerprint density at radius 1 is 1.43 bits per heavy atom. The van der Waals surface area contributed by atoms with Crippen molar-refractivity contribution >= 4 is 5.82 Å². The van der Waals surface area contributed by atoms with E-state index >= 15 is 0 Å². The summed E-state index contributed by atoms with van der Waals surface area (Å²) in [5.41, 5.74) is 7.00. The van der Waals surface area contributed by atoms with Crippen LogP contribution < -0.4 is 10.6 Å². The quantitative estimate of drug-likeness (QED) is 0.773. The summed E-state index contributed by atoms with van der Waals surface area (Å²) in [5, 5.41) is 0. The summed E-state index contributed by atoms with van der Waals surface area (Å²) in [6.07, 6.45) is 4.42. The van der Waals surface area contributed by atoms with E-state index in [1.54, 1.807) is 0 Å². The lowest BCUT2D eigenvalue weighted by atomic mass is 10.1. The maximum absolute atomic E-state index is 5.83. The minimum absolute atomic E-state index is 0.0966. The lowest BCUT2D eigenvalue weighted by molar-refractivity contribution is 0.811. The Morgan fingerprint density at radius 3 is 2.79 bits per heavy atom. The minimum Gasteiger partial charge on any atom is -0.357 e. The van der Waals surface area contributed by atoms with Gasteiger partial charge in [-0.15, -0.1) is 0 Å². The Kier molecular flexibility index (Phi) is 2.68. The molecule has 0 aliphatic carbocycles. The molecule has 0 aromatic carbocycles. The van der Waals surface area contributed by atoms with Crippen molar-refractivity contribution in [3.8, 4) is 0 Å². The Morgan fingerprint density at radius 2 is 2.14 bits per heavy atom. The predicted octanol–water partition coefficient (Wildman–Crippen LogP) is 1.70. The van der Waals surface area contributed by atoms with E-state index in [1.807, 2.05) is 19.2 Å². The van der Waals surface area contributed by atoms with E-state index in [1.165, 1.54) is 18.4 Å². The van der Waals surface area contributed by atoms with Crippen LogP contribution in [0.5, 0.6) is 0 Å². The van der Waals surface area contributed by atoms with Crippen molar-refractivity contribution < 1.29 is 0 Å². The molecule has 2 N–H and O–H groups in total. The second-order valence-corrected chi connectivity index (χ2v) is 3.93. The summed E-state index contributed by atoms with van der Waals surface area (Å²) in [5.74, 6) is 1.08. The topological polar surface area (TPSA) is 42.1 Å². The highest BCUT2D eigenvalue weighted by atomic mass is 15.2.